The Hall–Kier alpha value is -2.56. The number of hydrogen-bond acceptors (Lipinski definition) is 3. The Morgan fingerprint density at radius 1 is 1.30 bits per heavy atom. The summed E-state index contributed by atoms with van der Waals surface area (Å²) in [7, 11) is 1.77. The van der Waals surface area contributed by atoms with Crippen molar-refractivity contribution in [2.45, 2.75) is 32.2 Å². The molecule has 1 aromatic heterocycles. The largest absolute Gasteiger partial charge is 0.399 e. The molecule has 5 heteroatoms. The molecule has 3 N–H and O–H groups in total. The zero-order chi connectivity index (χ0) is 16.6. The topological polar surface area (TPSA) is 77.1 Å². The predicted molar refractivity (Wildman–Crippen MR) is 89.4 cm³/mol. The summed E-state index contributed by atoms with van der Waals surface area (Å²) in [5, 5.41) is 3.09. The lowest BCUT2D eigenvalue weighted by Gasteiger charge is -2.26. The van der Waals surface area contributed by atoms with Gasteiger partial charge in [-0.1, -0.05) is 6.07 Å². The summed E-state index contributed by atoms with van der Waals surface area (Å²) in [6.45, 7) is 1.50. The van der Waals surface area contributed by atoms with Crippen LogP contribution in [0.25, 0.3) is 0 Å². The van der Waals surface area contributed by atoms with E-state index in [4.69, 9.17) is 5.73 Å². The van der Waals surface area contributed by atoms with Crippen LogP contribution in [0.4, 0.5) is 5.69 Å². The molecule has 0 spiro atoms. The van der Waals surface area contributed by atoms with Crippen molar-refractivity contribution in [3.63, 3.8) is 0 Å². The van der Waals surface area contributed by atoms with Gasteiger partial charge in [-0.15, -0.1) is 0 Å². The molecule has 5 nitrogen and oxygen atoms in total. The number of nitrogens with two attached hydrogens (primary N) is 1. The second kappa shape index (κ2) is 5.91. The van der Waals surface area contributed by atoms with Crippen molar-refractivity contribution in [3.8, 4) is 0 Å². The van der Waals surface area contributed by atoms with Crippen molar-refractivity contribution in [2.24, 2.45) is 7.05 Å². The molecule has 2 aromatic rings. The summed E-state index contributed by atoms with van der Waals surface area (Å²) in [4.78, 5) is 24.0. The third-order valence-electron chi connectivity index (χ3n) is 4.43. The Balaban J connectivity index is 1.83. The van der Waals surface area contributed by atoms with Gasteiger partial charge >= 0.3 is 0 Å². The number of nitrogens with zero attached hydrogens (tertiary/aromatic N) is 1. The first-order valence-corrected chi connectivity index (χ1v) is 7.82. The number of fused-ring (bicyclic) bond motifs is 1. The number of anilines is 1. The molecular formula is C18H21N3O2. The lowest BCUT2D eigenvalue weighted by Crippen LogP contribution is -2.32. The van der Waals surface area contributed by atoms with Gasteiger partial charge in [0.2, 0.25) is 0 Å². The van der Waals surface area contributed by atoms with Gasteiger partial charge in [-0.2, -0.15) is 0 Å². The first-order chi connectivity index (χ1) is 11.0. The number of aromatic nitrogens is 1. The highest BCUT2D eigenvalue weighted by atomic mass is 16.2. The van der Waals surface area contributed by atoms with E-state index in [9.17, 15) is 9.59 Å². The number of aryl methyl sites for hydroxylation is 2. The average molecular weight is 311 g/mol. The van der Waals surface area contributed by atoms with Crippen molar-refractivity contribution in [3.05, 3.63) is 52.8 Å². The fraction of sp³-hybridized carbons (Fsp3) is 0.333. The van der Waals surface area contributed by atoms with Crippen molar-refractivity contribution in [1.29, 1.82) is 0 Å². The zero-order valence-electron chi connectivity index (χ0n) is 13.4. The van der Waals surface area contributed by atoms with Gasteiger partial charge in [-0.3, -0.25) is 9.59 Å². The van der Waals surface area contributed by atoms with Crippen LogP contribution in [0.1, 0.15) is 57.8 Å². The smallest absolute Gasteiger partial charge is 0.268 e. The fourth-order valence-electron chi connectivity index (χ4n) is 3.20. The summed E-state index contributed by atoms with van der Waals surface area (Å²) in [6.07, 6.45) is 4.61. The molecule has 0 radical (unpaired) electrons. The second-order valence-electron chi connectivity index (χ2n) is 6.16. The van der Waals surface area contributed by atoms with Gasteiger partial charge in [0.25, 0.3) is 5.91 Å². The number of benzene rings is 1. The third kappa shape index (κ3) is 2.99. The predicted octanol–water partition coefficient (Wildman–Crippen LogP) is 2.62. The molecule has 23 heavy (non-hydrogen) atoms. The molecule has 1 aliphatic rings. The van der Waals surface area contributed by atoms with E-state index in [2.05, 4.69) is 5.32 Å². The van der Waals surface area contributed by atoms with Crippen LogP contribution in [0.2, 0.25) is 0 Å². The van der Waals surface area contributed by atoms with Crippen LogP contribution < -0.4 is 11.1 Å². The standard InChI is InChI=1S/C18H21N3O2/c1-11(22)13-9-17(21(2)10-13)18(23)20-16-5-3-4-12-8-14(19)6-7-15(12)16/h6-10,16H,3-5,19H2,1-2H3,(H,20,23). The minimum absolute atomic E-state index is 0.0115. The first-order valence-electron chi connectivity index (χ1n) is 7.82. The monoisotopic (exact) mass is 311 g/mol. The van der Waals surface area contributed by atoms with Crippen molar-refractivity contribution < 1.29 is 9.59 Å². The van der Waals surface area contributed by atoms with Crippen molar-refractivity contribution >= 4 is 17.4 Å². The van der Waals surface area contributed by atoms with Crippen LogP contribution in [0.3, 0.4) is 0 Å². The van der Waals surface area contributed by atoms with Gasteiger partial charge in [-0.25, -0.2) is 0 Å². The minimum atomic E-state index is -0.158. The van der Waals surface area contributed by atoms with Crippen LogP contribution in [-0.4, -0.2) is 16.3 Å². The van der Waals surface area contributed by atoms with Crippen molar-refractivity contribution in [2.75, 3.05) is 5.73 Å². The average Bonchev–Trinajstić information content (AvgIpc) is 2.89. The van der Waals surface area contributed by atoms with Crippen molar-refractivity contribution in [1.82, 2.24) is 9.88 Å². The van der Waals surface area contributed by atoms with E-state index >= 15 is 0 Å². The minimum Gasteiger partial charge on any atom is -0.399 e. The van der Waals surface area contributed by atoms with Crippen LogP contribution in [0.5, 0.6) is 0 Å². The van der Waals surface area contributed by atoms with Gasteiger partial charge in [0, 0.05) is 24.5 Å². The molecule has 0 bridgehead atoms. The Bertz CT molecular complexity index is 777. The summed E-state index contributed by atoms with van der Waals surface area (Å²) in [5.74, 6) is -0.201. The van der Waals surface area contributed by atoms with E-state index < -0.39 is 0 Å². The number of hydrogen-bond donors (Lipinski definition) is 2. The van der Waals surface area contributed by atoms with Crippen LogP contribution in [-0.2, 0) is 13.5 Å². The lowest BCUT2D eigenvalue weighted by molar-refractivity contribution is 0.0924. The quantitative estimate of drug-likeness (QED) is 0.675. The number of nitrogen functional groups attached to an aromatic ring is 1. The fourth-order valence-corrected chi connectivity index (χ4v) is 3.20. The number of rotatable bonds is 3. The van der Waals surface area contributed by atoms with Crippen LogP contribution in [0, 0.1) is 0 Å². The van der Waals surface area contributed by atoms with E-state index in [1.54, 1.807) is 23.9 Å². The van der Waals surface area contributed by atoms with Crippen LogP contribution >= 0.6 is 0 Å². The molecule has 1 amide bonds. The number of carbonyl (C=O) groups is 2. The van der Waals surface area contributed by atoms with E-state index in [-0.39, 0.29) is 17.7 Å². The Morgan fingerprint density at radius 2 is 2.09 bits per heavy atom. The highest BCUT2D eigenvalue weighted by Gasteiger charge is 2.23. The van der Waals surface area contributed by atoms with Gasteiger partial charge in [0.05, 0.1) is 6.04 Å². The SMILES string of the molecule is CC(=O)c1cc(C(=O)NC2CCCc3cc(N)ccc32)n(C)c1. The van der Waals surface area contributed by atoms with Gasteiger partial charge in [0.1, 0.15) is 5.69 Å². The Morgan fingerprint density at radius 3 is 2.78 bits per heavy atom. The van der Waals surface area contributed by atoms with E-state index in [0.29, 0.717) is 11.3 Å². The maximum atomic E-state index is 12.6. The molecule has 1 heterocycles. The molecule has 0 saturated carbocycles. The second-order valence-corrected chi connectivity index (χ2v) is 6.16. The summed E-state index contributed by atoms with van der Waals surface area (Å²) in [5.41, 5.74) is 10.00. The highest BCUT2D eigenvalue weighted by Crippen LogP contribution is 2.31. The van der Waals surface area contributed by atoms with Gasteiger partial charge < -0.3 is 15.6 Å². The molecule has 1 unspecified atom stereocenters. The van der Waals surface area contributed by atoms with E-state index in [1.807, 2.05) is 18.2 Å². The summed E-state index contributed by atoms with van der Waals surface area (Å²) in [6, 6.07) is 7.50. The molecule has 3 rings (SSSR count). The summed E-state index contributed by atoms with van der Waals surface area (Å²) < 4.78 is 1.69. The molecule has 0 fully saturated rings. The lowest BCUT2D eigenvalue weighted by atomic mass is 9.87. The maximum absolute atomic E-state index is 12.6. The number of carbonyl (C=O) groups excluding carboxylic acids is 2. The van der Waals surface area contributed by atoms with Crippen LogP contribution in [0.15, 0.2) is 30.5 Å². The molecule has 1 aliphatic carbocycles. The van der Waals surface area contributed by atoms with Gasteiger partial charge in [-0.05, 0) is 55.5 Å². The van der Waals surface area contributed by atoms with Gasteiger partial charge in [0.15, 0.2) is 5.78 Å². The highest BCUT2D eigenvalue weighted by molar-refractivity contribution is 5.99. The first kappa shape index (κ1) is 15.3. The molecule has 0 aliphatic heterocycles. The number of ketones is 1. The molecule has 1 atom stereocenters. The van der Waals surface area contributed by atoms with E-state index in [1.165, 1.54) is 12.5 Å². The molecule has 120 valence electrons. The number of Topliss-reactive ketones (excluding diaryl/α,β-unsaturated/α-hetero) is 1. The van der Waals surface area contributed by atoms with E-state index in [0.717, 1.165) is 30.5 Å². The molecule has 0 saturated heterocycles. The maximum Gasteiger partial charge on any atom is 0.268 e. The Labute approximate surface area is 135 Å². The Kier molecular flexibility index (Phi) is 3.94. The number of amides is 1. The number of nitrogens with one attached hydrogen (secondary N) is 1. The zero-order valence-corrected chi connectivity index (χ0v) is 13.4. The third-order valence-corrected chi connectivity index (χ3v) is 4.43. The summed E-state index contributed by atoms with van der Waals surface area (Å²) >= 11 is 0. The normalized spacial score (nSPS) is 16.7. The molecule has 1 aromatic carbocycles. The molecular weight excluding hydrogens is 290 g/mol.